The molecule has 9 nitrogen and oxygen atoms in total. The topological polar surface area (TPSA) is 140 Å². The van der Waals surface area contributed by atoms with Crippen molar-refractivity contribution in [2.75, 3.05) is 10.6 Å². The van der Waals surface area contributed by atoms with Crippen LogP contribution >= 0.6 is 11.3 Å². The Kier molecular flexibility index (Phi) is 7.04. The standard InChI is InChI=1S/C28H27F2N7O2S/c1-13-21(27-36-23-20(40-27)8-10-32-22(23)14-5-6-14)26(35-19-11-15(7-9-31)24(38)25(19)39)37-28(34-13)33-12-16-17(29)3-2-4-18(16)30/h2-4,8,10,14-15,19,24-25,38-39H,5-7,11-12H2,1H3,(H2,33,34,35,37)/t15-,19+,24+,25-/m0/s1. The molecule has 6 rings (SSSR count). The van der Waals surface area contributed by atoms with Crippen LogP contribution in [0.4, 0.5) is 20.5 Å². The fourth-order valence-electron chi connectivity index (χ4n) is 5.28. The van der Waals surface area contributed by atoms with Gasteiger partial charge in [0.15, 0.2) is 0 Å². The smallest absolute Gasteiger partial charge is 0.225 e. The minimum atomic E-state index is -1.12. The van der Waals surface area contributed by atoms with Crippen LogP contribution in [0.1, 0.15) is 48.6 Å². The summed E-state index contributed by atoms with van der Waals surface area (Å²) in [6, 6.07) is 7.07. The first kappa shape index (κ1) is 26.4. The van der Waals surface area contributed by atoms with Gasteiger partial charge in [-0.05, 0) is 44.4 Å². The molecule has 3 heterocycles. The molecule has 0 saturated heterocycles. The van der Waals surface area contributed by atoms with E-state index in [1.165, 1.54) is 29.5 Å². The largest absolute Gasteiger partial charge is 0.390 e. The summed E-state index contributed by atoms with van der Waals surface area (Å²) in [4.78, 5) is 18.7. The molecular formula is C28H27F2N7O2S. The zero-order chi connectivity index (χ0) is 28.0. The maximum absolute atomic E-state index is 14.2. The number of benzene rings is 1. The summed E-state index contributed by atoms with van der Waals surface area (Å²) >= 11 is 1.48. The number of nitrogens with zero attached hydrogens (tertiary/aromatic N) is 5. The molecule has 4 N–H and O–H groups in total. The van der Waals surface area contributed by atoms with Gasteiger partial charge < -0.3 is 20.8 Å². The monoisotopic (exact) mass is 563 g/mol. The first-order valence-corrected chi connectivity index (χ1v) is 14.0. The van der Waals surface area contributed by atoms with Crippen molar-refractivity contribution in [1.29, 1.82) is 5.26 Å². The van der Waals surface area contributed by atoms with E-state index in [1.54, 1.807) is 13.1 Å². The highest BCUT2D eigenvalue weighted by Gasteiger charge is 2.42. The molecule has 4 aromatic rings. The summed E-state index contributed by atoms with van der Waals surface area (Å²) in [5.41, 5.74) is 2.87. The van der Waals surface area contributed by atoms with E-state index in [0.717, 1.165) is 28.8 Å². The number of anilines is 2. The summed E-state index contributed by atoms with van der Waals surface area (Å²) in [6.45, 7) is 1.62. The summed E-state index contributed by atoms with van der Waals surface area (Å²) in [6.07, 6.45) is 2.26. The lowest BCUT2D eigenvalue weighted by Gasteiger charge is -2.21. The SMILES string of the molecule is Cc1nc(NCc2c(F)cccc2F)nc(N[C@@H]2C[C@H](CC#N)[C@@H](O)[C@H]2O)c1-c1nc2c(C3CC3)nccc2s1. The highest BCUT2D eigenvalue weighted by atomic mass is 32.1. The molecule has 40 heavy (non-hydrogen) atoms. The van der Waals surface area contributed by atoms with Gasteiger partial charge in [0.25, 0.3) is 0 Å². The Morgan fingerprint density at radius 3 is 2.60 bits per heavy atom. The predicted octanol–water partition coefficient (Wildman–Crippen LogP) is 4.66. The molecule has 206 valence electrons. The Bertz CT molecular complexity index is 1600. The van der Waals surface area contributed by atoms with Gasteiger partial charge in [-0.1, -0.05) is 6.07 Å². The van der Waals surface area contributed by atoms with Gasteiger partial charge in [0.1, 0.15) is 34.1 Å². The summed E-state index contributed by atoms with van der Waals surface area (Å²) in [7, 11) is 0. The summed E-state index contributed by atoms with van der Waals surface area (Å²) < 4.78 is 29.4. The average molecular weight is 564 g/mol. The van der Waals surface area contributed by atoms with E-state index in [9.17, 15) is 19.0 Å². The van der Waals surface area contributed by atoms with Crippen LogP contribution in [0.25, 0.3) is 20.8 Å². The molecule has 0 aliphatic heterocycles. The zero-order valence-electron chi connectivity index (χ0n) is 21.6. The van der Waals surface area contributed by atoms with Gasteiger partial charge in [0, 0.05) is 36.6 Å². The predicted molar refractivity (Wildman–Crippen MR) is 147 cm³/mol. The average Bonchev–Trinajstić information content (AvgIpc) is 3.63. The molecular weight excluding hydrogens is 536 g/mol. The van der Waals surface area contributed by atoms with Gasteiger partial charge in [0.2, 0.25) is 5.95 Å². The number of nitrogens with one attached hydrogen (secondary N) is 2. The molecule has 12 heteroatoms. The number of aliphatic hydroxyl groups excluding tert-OH is 2. The number of fused-ring (bicyclic) bond motifs is 1. The number of rotatable bonds is 8. The van der Waals surface area contributed by atoms with Gasteiger partial charge in [-0.15, -0.1) is 11.3 Å². The molecule has 2 saturated carbocycles. The van der Waals surface area contributed by atoms with Crippen LogP contribution in [0.3, 0.4) is 0 Å². The lowest BCUT2D eigenvalue weighted by molar-refractivity contribution is 0.0183. The second-order valence-electron chi connectivity index (χ2n) is 10.3. The quantitative estimate of drug-likeness (QED) is 0.241. The molecule has 0 amide bonds. The Labute approximate surface area is 233 Å². The van der Waals surface area contributed by atoms with E-state index in [2.05, 4.69) is 31.7 Å². The van der Waals surface area contributed by atoms with Gasteiger partial charge in [-0.25, -0.2) is 18.7 Å². The molecule has 0 spiro atoms. The summed E-state index contributed by atoms with van der Waals surface area (Å²) in [5, 5.41) is 37.2. The van der Waals surface area contributed by atoms with Crippen LogP contribution in [0.2, 0.25) is 0 Å². The minimum absolute atomic E-state index is 0.113. The maximum Gasteiger partial charge on any atom is 0.225 e. The minimum Gasteiger partial charge on any atom is -0.390 e. The van der Waals surface area contributed by atoms with Gasteiger partial charge in [-0.2, -0.15) is 10.2 Å². The van der Waals surface area contributed by atoms with Crippen molar-refractivity contribution in [2.45, 2.75) is 63.3 Å². The number of pyridine rings is 1. The molecule has 0 bridgehead atoms. The molecule has 0 radical (unpaired) electrons. The third kappa shape index (κ3) is 4.96. The Hall–Kier alpha value is -3.79. The second kappa shape index (κ2) is 10.6. The molecule has 2 fully saturated rings. The first-order chi connectivity index (χ1) is 19.3. The number of halogens is 2. The summed E-state index contributed by atoms with van der Waals surface area (Å²) in [5.74, 6) is -0.848. The van der Waals surface area contributed by atoms with Crippen LogP contribution in [0.15, 0.2) is 30.5 Å². The van der Waals surface area contributed by atoms with E-state index >= 15 is 0 Å². The van der Waals surface area contributed by atoms with Gasteiger partial charge >= 0.3 is 0 Å². The van der Waals surface area contributed by atoms with E-state index in [-0.39, 0.29) is 30.4 Å². The van der Waals surface area contributed by atoms with Crippen molar-refractivity contribution in [1.82, 2.24) is 19.9 Å². The molecule has 1 aromatic carbocycles. The first-order valence-electron chi connectivity index (χ1n) is 13.1. The lowest BCUT2D eigenvalue weighted by Crippen LogP contribution is -2.35. The second-order valence-corrected chi connectivity index (χ2v) is 11.4. The number of hydrogen-bond donors (Lipinski definition) is 4. The molecule has 2 aliphatic rings. The third-order valence-corrected chi connectivity index (χ3v) is 8.60. The zero-order valence-corrected chi connectivity index (χ0v) is 22.4. The Balaban J connectivity index is 1.39. The van der Waals surface area contributed by atoms with Crippen LogP contribution in [0.5, 0.6) is 0 Å². The van der Waals surface area contributed by atoms with Crippen molar-refractivity contribution in [3.8, 4) is 16.6 Å². The van der Waals surface area contributed by atoms with Crippen LogP contribution in [0, 0.1) is 35.8 Å². The molecule has 2 aliphatic carbocycles. The number of thiazole rings is 1. The molecule has 4 atom stereocenters. The Morgan fingerprint density at radius 2 is 1.88 bits per heavy atom. The third-order valence-electron chi connectivity index (χ3n) is 7.57. The van der Waals surface area contributed by atoms with Gasteiger partial charge in [0.05, 0.1) is 39.9 Å². The fourth-order valence-corrected chi connectivity index (χ4v) is 6.35. The number of aryl methyl sites for hydroxylation is 1. The van der Waals surface area contributed by atoms with E-state index in [1.807, 2.05) is 6.07 Å². The molecule has 0 unspecified atom stereocenters. The van der Waals surface area contributed by atoms with Crippen molar-refractivity contribution in [3.05, 3.63) is 59.0 Å². The number of hydrogen-bond acceptors (Lipinski definition) is 10. The van der Waals surface area contributed by atoms with E-state index in [0.29, 0.717) is 34.4 Å². The van der Waals surface area contributed by atoms with Crippen LogP contribution < -0.4 is 10.6 Å². The van der Waals surface area contributed by atoms with Crippen molar-refractivity contribution in [3.63, 3.8) is 0 Å². The number of nitriles is 1. The van der Waals surface area contributed by atoms with Crippen LogP contribution in [-0.2, 0) is 6.54 Å². The van der Waals surface area contributed by atoms with Crippen molar-refractivity contribution >= 4 is 33.3 Å². The number of aromatic nitrogens is 4. The van der Waals surface area contributed by atoms with E-state index < -0.39 is 29.9 Å². The molecule has 3 aromatic heterocycles. The maximum atomic E-state index is 14.2. The highest BCUT2D eigenvalue weighted by Crippen LogP contribution is 2.44. The Morgan fingerprint density at radius 1 is 1.10 bits per heavy atom. The fraction of sp³-hybridized carbons (Fsp3) is 0.393. The van der Waals surface area contributed by atoms with E-state index in [4.69, 9.17) is 10.2 Å². The van der Waals surface area contributed by atoms with Crippen molar-refractivity contribution < 1.29 is 19.0 Å². The van der Waals surface area contributed by atoms with Gasteiger partial charge in [-0.3, -0.25) is 4.98 Å². The van der Waals surface area contributed by atoms with Crippen LogP contribution in [-0.4, -0.2) is 48.4 Å². The lowest BCUT2D eigenvalue weighted by atomic mass is 10.0. The normalized spacial score (nSPS) is 22.4. The highest BCUT2D eigenvalue weighted by molar-refractivity contribution is 7.21. The number of aliphatic hydroxyl groups is 2. The van der Waals surface area contributed by atoms with Crippen molar-refractivity contribution in [2.24, 2.45) is 5.92 Å².